The smallest absolute Gasteiger partial charge is 0.0435 e. The molecule has 0 aliphatic carbocycles. The van der Waals surface area contributed by atoms with Gasteiger partial charge in [0.05, 0.1) is 0 Å². The quantitative estimate of drug-likeness (QED) is 0.361. The number of halogens is 3. The molecule has 3 heteroatoms. The van der Waals surface area contributed by atoms with Gasteiger partial charge < -0.3 is 0 Å². The lowest BCUT2D eigenvalue weighted by atomic mass is 10.0. The lowest BCUT2D eigenvalue weighted by Gasteiger charge is -2.12. The molecule has 0 heterocycles. The van der Waals surface area contributed by atoms with E-state index in [-0.39, 0.29) is 0 Å². The summed E-state index contributed by atoms with van der Waals surface area (Å²) >= 11 is 10.9. The van der Waals surface area contributed by atoms with Crippen molar-refractivity contribution >= 4 is 58.6 Å². The summed E-state index contributed by atoms with van der Waals surface area (Å²) in [5.74, 6) is 0. The van der Waals surface area contributed by atoms with Gasteiger partial charge in [0.15, 0.2) is 0 Å². The molecule has 0 saturated carbocycles. The molecule has 0 fully saturated rings. The Bertz CT molecular complexity index is 780. The molecule has 0 N–H and O–H groups in total. The van der Waals surface area contributed by atoms with E-state index in [2.05, 4.69) is 108 Å². The van der Waals surface area contributed by atoms with Crippen LogP contribution in [0.5, 0.6) is 0 Å². The van der Waals surface area contributed by atoms with Crippen molar-refractivity contribution in [2.45, 2.75) is 11.2 Å². The molecular weight excluding hydrogens is 456 g/mol. The van der Waals surface area contributed by atoms with E-state index in [1.807, 2.05) is 0 Å². The van der Waals surface area contributed by atoms with Gasteiger partial charge in [0.25, 0.3) is 0 Å². The van der Waals surface area contributed by atoms with Crippen LogP contribution >= 0.6 is 47.8 Å². The van der Waals surface area contributed by atoms with Crippen LogP contribution in [0.25, 0.3) is 10.8 Å². The predicted molar refractivity (Wildman–Crippen MR) is 101 cm³/mol. The molecule has 3 aromatic carbocycles. The summed E-state index contributed by atoms with van der Waals surface area (Å²) in [6, 6.07) is 21.5. The van der Waals surface area contributed by atoms with Crippen LogP contribution in [-0.4, -0.2) is 0 Å². The zero-order valence-corrected chi connectivity index (χ0v) is 15.9. The maximum atomic E-state index is 3.82. The van der Waals surface area contributed by atoms with Crippen molar-refractivity contribution in [3.8, 4) is 0 Å². The van der Waals surface area contributed by atoms with E-state index >= 15 is 0 Å². The van der Waals surface area contributed by atoms with Crippen molar-refractivity contribution in [1.82, 2.24) is 0 Å². The monoisotopic (exact) mass is 466 g/mol. The average molecular weight is 469 g/mol. The molecule has 3 rings (SSSR count). The third kappa shape index (κ3) is 3.77. The molecule has 0 amide bonds. The summed E-state index contributed by atoms with van der Waals surface area (Å²) in [6.45, 7) is 0. The summed E-state index contributed by atoms with van der Waals surface area (Å²) in [5.41, 5.74) is 2.63. The molecular formula is C18H13Br3. The highest BCUT2D eigenvalue weighted by Crippen LogP contribution is 2.31. The zero-order valence-electron chi connectivity index (χ0n) is 11.2. The van der Waals surface area contributed by atoms with Crippen molar-refractivity contribution in [1.29, 1.82) is 0 Å². The fraction of sp³-hybridized carbons (Fsp3) is 0.111. The fourth-order valence-corrected chi connectivity index (χ4v) is 3.90. The van der Waals surface area contributed by atoms with Crippen molar-refractivity contribution in [2.24, 2.45) is 0 Å². The average Bonchev–Trinajstić information content (AvgIpc) is 2.46. The summed E-state index contributed by atoms with van der Waals surface area (Å²) in [4.78, 5) is 0.319. The molecule has 0 radical (unpaired) electrons. The maximum Gasteiger partial charge on any atom is 0.0435 e. The summed E-state index contributed by atoms with van der Waals surface area (Å²) in [5, 5.41) is 2.53. The van der Waals surface area contributed by atoms with E-state index in [4.69, 9.17) is 0 Å². The minimum Gasteiger partial charge on any atom is -0.0835 e. The van der Waals surface area contributed by atoms with Gasteiger partial charge in [-0.15, -0.1) is 0 Å². The van der Waals surface area contributed by atoms with Gasteiger partial charge >= 0.3 is 0 Å². The van der Waals surface area contributed by atoms with Gasteiger partial charge in [0, 0.05) is 13.8 Å². The van der Waals surface area contributed by atoms with Gasteiger partial charge in [-0.3, -0.25) is 0 Å². The van der Waals surface area contributed by atoms with Crippen LogP contribution in [0.3, 0.4) is 0 Å². The second-order valence-corrected chi connectivity index (χ2v) is 7.99. The van der Waals surface area contributed by atoms with Gasteiger partial charge in [-0.05, 0) is 52.6 Å². The molecule has 0 bridgehead atoms. The molecule has 106 valence electrons. The van der Waals surface area contributed by atoms with Crippen molar-refractivity contribution in [3.05, 3.63) is 80.7 Å². The Kier molecular flexibility index (Phi) is 4.82. The maximum absolute atomic E-state index is 3.82. The van der Waals surface area contributed by atoms with Crippen LogP contribution < -0.4 is 0 Å². The van der Waals surface area contributed by atoms with E-state index < -0.39 is 0 Å². The number of hydrogen-bond acceptors (Lipinski definition) is 0. The van der Waals surface area contributed by atoms with E-state index in [0.717, 1.165) is 15.4 Å². The minimum absolute atomic E-state index is 0.319. The lowest BCUT2D eigenvalue weighted by Crippen LogP contribution is -1.95. The number of hydrogen-bond donors (Lipinski definition) is 0. The van der Waals surface area contributed by atoms with Gasteiger partial charge in [-0.1, -0.05) is 84.2 Å². The Morgan fingerprint density at radius 3 is 2.29 bits per heavy atom. The van der Waals surface area contributed by atoms with Gasteiger partial charge in [0.1, 0.15) is 0 Å². The van der Waals surface area contributed by atoms with E-state index in [1.165, 1.54) is 21.9 Å². The van der Waals surface area contributed by atoms with E-state index in [0.29, 0.717) is 4.83 Å². The van der Waals surface area contributed by atoms with Crippen LogP contribution in [0.2, 0.25) is 0 Å². The van der Waals surface area contributed by atoms with Crippen LogP contribution in [0, 0.1) is 0 Å². The second-order valence-electron chi connectivity index (χ2n) is 5.05. The first-order chi connectivity index (χ1) is 10.1. The second kappa shape index (κ2) is 6.64. The number of rotatable bonds is 3. The van der Waals surface area contributed by atoms with Crippen molar-refractivity contribution < 1.29 is 0 Å². The molecule has 0 spiro atoms. The molecule has 3 aromatic rings. The first kappa shape index (κ1) is 15.3. The highest BCUT2D eigenvalue weighted by Gasteiger charge is 2.09. The minimum atomic E-state index is 0.319. The molecule has 0 aliphatic heterocycles. The highest BCUT2D eigenvalue weighted by atomic mass is 79.9. The Balaban J connectivity index is 1.87. The van der Waals surface area contributed by atoms with Gasteiger partial charge in [0.2, 0.25) is 0 Å². The lowest BCUT2D eigenvalue weighted by molar-refractivity contribution is 0.950. The Labute approximate surface area is 150 Å². The highest BCUT2D eigenvalue weighted by molar-refractivity contribution is 9.10. The molecule has 0 nitrogen and oxygen atoms in total. The molecule has 1 unspecified atom stereocenters. The third-order valence-electron chi connectivity index (χ3n) is 3.49. The molecule has 0 aliphatic rings. The van der Waals surface area contributed by atoms with Crippen LogP contribution in [0.1, 0.15) is 16.0 Å². The molecule has 0 saturated heterocycles. The number of alkyl halides is 1. The van der Waals surface area contributed by atoms with E-state index in [1.54, 1.807) is 0 Å². The Morgan fingerprint density at radius 2 is 1.48 bits per heavy atom. The van der Waals surface area contributed by atoms with E-state index in [9.17, 15) is 0 Å². The molecule has 1 atom stereocenters. The summed E-state index contributed by atoms with van der Waals surface area (Å²) in [6.07, 6.45) is 0.974. The summed E-state index contributed by atoms with van der Waals surface area (Å²) in [7, 11) is 0. The van der Waals surface area contributed by atoms with Crippen LogP contribution in [0.4, 0.5) is 0 Å². The number of benzene rings is 3. The first-order valence-electron chi connectivity index (χ1n) is 6.69. The predicted octanol–water partition coefficient (Wildman–Crippen LogP) is 7.04. The SMILES string of the molecule is Brc1cccc(CC(Br)c2ccc3cc(Br)ccc3c2)c1. The summed E-state index contributed by atoms with van der Waals surface area (Å²) < 4.78 is 2.25. The Hall–Kier alpha value is -0.640. The molecule has 0 aromatic heterocycles. The van der Waals surface area contributed by atoms with Crippen LogP contribution in [-0.2, 0) is 6.42 Å². The standard InChI is InChI=1S/C18H13Br3/c19-16-3-1-2-12(8-16)9-18(21)15-5-4-14-11-17(20)7-6-13(14)10-15/h1-8,10-11,18H,9H2. The normalized spacial score (nSPS) is 12.5. The molecule has 21 heavy (non-hydrogen) atoms. The van der Waals surface area contributed by atoms with Crippen LogP contribution in [0.15, 0.2) is 69.6 Å². The van der Waals surface area contributed by atoms with Crippen molar-refractivity contribution in [3.63, 3.8) is 0 Å². The first-order valence-corrected chi connectivity index (χ1v) is 9.20. The topological polar surface area (TPSA) is 0 Å². The third-order valence-corrected chi connectivity index (χ3v) is 5.33. The van der Waals surface area contributed by atoms with Gasteiger partial charge in [-0.2, -0.15) is 0 Å². The number of fused-ring (bicyclic) bond motifs is 1. The van der Waals surface area contributed by atoms with Crippen molar-refractivity contribution in [2.75, 3.05) is 0 Å². The Morgan fingerprint density at radius 1 is 0.762 bits per heavy atom. The van der Waals surface area contributed by atoms with Gasteiger partial charge in [-0.25, -0.2) is 0 Å². The largest absolute Gasteiger partial charge is 0.0835 e. The fourth-order valence-electron chi connectivity index (χ4n) is 2.42. The zero-order chi connectivity index (χ0) is 14.8.